The van der Waals surface area contributed by atoms with Crippen LogP contribution in [0.2, 0.25) is 0 Å². The summed E-state index contributed by atoms with van der Waals surface area (Å²) in [7, 11) is 0. The summed E-state index contributed by atoms with van der Waals surface area (Å²) >= 11 is 0. The van der Waals surface area contributed by atoms with Crippen LogP contribution in [0.5, 0.6) is 0 Å². The number of hydrogen-bond donors (Lipinski definition) is 1. The molecule has 0 saturated heterocycles. The standard InChI is InChI=1S/C18H26O2/c1-18-9-8-14-13-5-3-12(19)10-11(13)2-4-15(14)16(18)6-7-17(18)20/h10,13-17,20H,2-9H2,1H3/t13-,14+,15+,16+,17+,18+/m1/s1. The normalized spacial score (nSPS) is 51.0. The van der Waals surface area contributed by atoms with E-state index in [0.717, 1.165) is 43.4 Å². The summed E-state index contributed by atoms with van der Waals surface area (Å²) in [6.07, 6.45) is 10.9. The maximum atomic E-state index is 11.6. The van der Waals surface area contributed by atoms with Gasteiger partial charge in [0.15, 0.2) is 5.78 Å². The van der Waals surface area contributed by atoms with Gasteiger partial charge in [0.1, 0.15) is 0 Å². The van der Waals surface area contributed by atoms with Crippen molar-refractivity contribution >= 4 is 5.78 Å². The van der Waals surface area contributed by atoms with E-state index in [4.69, 9.17) is 0 Å². The molecule has 3 fully saturated rings. The number of ketones is 1. The molecule has 0 aliphatic heterocycles. The monoisotopic (exact) mass is 274 g/mol. The summed E-state index contributed by atoms with van der Waals surface area (Å²) in [5.41, 5.74) is 1.65. The molecule has 0 unspecified atom stereocenters. The van der Waals surface area contributed by atoms with Crippen LogP contribution in [0.4, 0.5) is 0 Å². The predicted octanol–water partition coefficient (Wildman–Crippen LogP) is 3.49. The molecule has 3 saturated carbocycles. The van der Waals surface area contributed by atoms with Crippen LogP contribution >= 0.6 is 0 Å². The van der Waals surface area contributed by atoms with Crippen molar-refractivity contribution in [1.82, 2.24) is 0 Å². The summed E-state index contributed by atoms with van der Waals surface area (Å²) in [5, 5.41) is 10.4. The molecule has 0 heterocycles. The molecule has 4 aliphatic carbocycles. The molecule has 4 aliphatic rings. The molecule has 0 radical (unpaired) electrons. The number of carbonyl (C=O) groups is 1. The van der Waals surface area contributed by atoms with Crippen LogP contribution in [0.1, 0.15) is 58.3 Å². The van der Waals surface area contributed by atoms with E-state index < -0.39 is 0 Å². The zero-order valence-corrected chi connectivity index (χ0v) is 12.5. The molecule has 4 rings (SSSR count). The second-order valence-electron chi connectivity index (χ2n) is 7.94. The first-order valence-corrected chi connectivity index (χ1v) is 8.51. The van der Waals surface area contributed by atoms with Crippen LogP contribution < -0.4 is 0 Å². The highest BCUT2D eigenvalue weighted by Crippen LogP contribution is 2.61. The number of aliphatic hydroxyl groups is 1. The molecular weight excluding hydrogens is 248 g/mol. The van der Waals surface area contributed by atoms with Crippen LogP contribution in [0.15, 0.2) is 11.6 Å². The van der Waals surface area contributed by atoms with Crippen LogP contribution in [-0.4, -0.2) is 17.0 Å². The van der Waals surface area contributed by atoms with Crippen LogP contribution in [0.25, 0.3) is 0 Å². The van der Waals surface area contributed by atoms with Gasteiger partial charge in [0.2, 0.25) is 0 Å². The number of hydrogen-bond acceptors (Lipinski definition) is 2. The Morgan fingerprint density at radius 1 is 1.10 bits per heavy atom. The van der Waals surface area contributed by atoms with Crippen molar-refractivity contribution in [3.05, 3.63) is 11.6 Å². The predicted molar refractivity (Wildman–Crippen MR) is 78.1 cm³/mol. The third kappa shape index (κ3) is 1.70. The molecule has 20 heavy (non-hydrogen) atoms. The van der Waals surface area contributed by atoms with Gasteiger partial charge >= 0.3 is 0 Å². The average molecular weight is 274 g/mol. The lowest BCUT2D eigenvalue weighted by atomic mass is 9.52. The molecule has 1 N–H and O–H groups in total. The van der Waals surface area contributed by atoms with E-state index in [1.165, 1.54) is 31.3 Å². The van der Waals surface area contributed by atoms with Gasteiger partial charge in [-0.3, -0.25) is 4.79 Å². The van der Waals surface area contributed by atoms with Crippen molar-refractivity contribution in [1.29, 1.82) is 0 Å². The van der Waals surface area contributed by atoms with Crippen molar-refractivity contribution < 1.29 is 9.90 Å². The molecule has 2 nitrogen and oxygen atoms in total. The Kier molecular flexibility index (Phi) is 2.89. The van der Waals surface area contributed by atoms with Gasteiger partial charge in [0.25, 0.3) is 0 Å². The Morgan fingerprint density at radius 3 is 2.80 bits per heavy atom. The lowest BCUT2D eigenvalue weighted by Gasteiger charge is -2.53. The van der Waals surface area contributed by atoms with Gasteiger partial charge in [-0.1, -0.05) is 12.5 Å². The van der Waals surface area contributed by atoms with E-state index in [0.29, 0.717) is 11.7 Å². The summed E-state index contributed by atoms with van der Waals surface area (Å²) in [6.45, 7) is 2.33. The smallest absolute Gasteiger partial charge is 0.155 e. The number of fused-ring (bicyclic) bond motifs is 5. The number of aliphatic hydroxyl groups excluding tert-OH is 1. The molecule has 0 bridgehead atoms. The van der Waals surface area contributed by atoms with Gasteiger partial charge in [-0.2, -0.15) is 0 Å². The summed E-state index contributed by atoms with van der Waals surface area (Å²) in [6, 6.07) is 0. The van der Waals surface area contributed by atoms with Crippen LogP contribution in [-0.2, 0) is 4.79 Å². The van der Waals surface area contributed by atoms with Gasteiger partial charge in [-0.15, -0.1) is 0 Å². The molecule has 0 spiro atoms. The molecule has 110 valence electrons. The first-order valence-electron chi connectivity index (χ1n) is 8.51. The van der Waals surface area contributed by atoms with E-state index in [9.17, 15) is 9.90 Å². The minimum absolute atomic E-state index is 0.0710. The lowest BCUT2D eigenvalue weighted by Crippen LogP contribution is -2.47. The fourth-order valence-electron chi connectivity index (χ4n) is 6.15. The molecule has 2 heteroatoms. The molecule has 0 aromatic carbocycles. The topological polar surface area (TPSA) is 37.3 Å². The lowest BCUT2D eigenvalue weighted by molar-refractivity contribution is -0.116. The number of rotatable bonds is 0. The van der Waals surface area contributed by atoms with E-state index in [1.54, 1.807) is 0 Å². The second kappa shape index (κ2) is 4.43. The molecule has 6 atom stereocenters. The highest BCUT2D eigenvalue weighted by Gasteiger charge is 2.55. The van der Waals surface area contributed by atoms with Crippen molar-refractivity contribution in [2.24, 2.45) is 29.1 Å². The summed E-state index contributed by atoms with van der Waals surface area (Å²) in [4.78, 5) is 11.6. The highest BCUT2D eigenvalue weighted by molar-refractivity contribution is 5.91. The fraction of sp³-hybridized carbons (Fsp3) is 0.833. The maximum Gasteiger partial charge on any atom is 0.155 e. The number of carbonyl (C=O) groups excluding carboxylic acids is 1. The zero-order chi connectivity index (χ0) is 13.9. The van der Waals surface area contributed by atoms with Gasteiger partial charge in [-0.25, -0.2) is 0 Å². The highest BCUT2D eigenvalue weighted by atomic mass is 16.3. The SMILES string of the molecule is C[C@]12CC[C@@H]3[C@H](CCC4=CC(=O)CC[C@H]43)[C@@H]1CC[C@@H]2O. The largest absolute Gasteiger partial charge is 0.393 e. The minimum atomic E-state index is -0.0710. The van der Waals surface area contributed by atoms with Crippen LogP contribution in [0, 0.1) is 29.1 Å². The van der Waals surface area contributed by atoms with E-state index >= 15 is 0 Å². The minimum Gasteiger partial charge on any atom is -0.393 e. The Morgan fingerprint density at radius 2 is 1.95 bits per heavy atom. The molecular formula is C18H26O2. The average Bonchev–Trinajstić information content (AvgIpc) is 2.74. The van der Waals surface area contributed by atoms with Crippen molar-refractivity contribution in [2.45, 2.75) is 64.4 Å². The Bertz CT molecular complexity index is 466. The van der Waals surface area contributed by atoms with Gasteiger partial charge < -0.3 is 5.11 Å². The van der Waals surface area contributed by atoms with Gasteiger partial charge in [0.05, 0.1) is 6.10 Å². The third-order valence-electron chi connectivity index (χ3n) is 7.25. The van der Waals surface area contributed by atoms with E-state index in [1.807, 2.05) is 6.08 Å². The third-order valence-corrected chi connectivity index (χ3v) is 7.25. The summed E-state index contributed by atoms with van der Waals surface area (Å²) in [5.74, 6) is 3.38. The molecule has 0 amide bonds. The van der Waals surface area contributed by atoms with E-state index in [-0.39, 0.29) is 11.5 Å². The van der Waals surface area contributed by atoms with Gasteiger partial charge in [-0.05, 0) is 80.1 Å². The van der Waals surface area contributed by atoms with Crippen molar-refractivity contribution in [2.75, 3.05) is 0 Å². The fourth-order valence-corrected chi connectivity index (χ4v) is 6.15. The Balaban J connectivity index is 1.63. The molecule has 0 aromatic rings. The van der Waals surface area contributed by atoms with Gasteiger partial charge in [0, 0.05) is 6.42 Å². The first kappa shape index (κ1) is 13.1. The summed E-state index contributed by atoms with van der Waals surface area (Å²) < 4.78 is 0. The van der Waals surface area contributed by atoms with Crippen LogP contribution in [0.3, 0.4) is 0 Å². The maximum absolute atomic E-state index is 11.6. The zero-order valence-electron chi connectivity index (χ0n) is 12.5. The first-order chi connectivity index (χ1) is 9.59. The Hall–Kier alpha value is -0.630. The van der Waals surface area contributed by atoms with Crippen molar-refractivity contribution in [3.63, 3.8) is 0 Å². The number of allylic oxidation sites excluding steroid dienone is 1. The second-order valence-corrected chi connectivity index (χ2v) is 7.94. The van der Waals surface area contributed by atoms with Crippen molar-refractivity contribution in [3.8, 4) is 0 Å². The molecule has 0 aromatic heterocycles. The Labute approximate surface area is 121 Å². The van der Waals surface area contributed by atoms with E-state index in [2.05, 4.69) is 6.92 Å². The quantitative estimate of drug-likeness (QED) is 0.734.